The molecule has 1 saturated carbocycles. The number of benzene rings is 1. The summed E-state index contributed by atoms with van der Waals surface area (Å²) in [5.41, 5.74) is 0.438. The molecule has 0 spiro atoms. The quantitative estimate of drug-likeness (QED) is 0.350. The maximum absolute atomic E-state index is 13.6. The molecule has 2 fully saturated rings. The standard InChI is InChI=1S/C28H37FN6O4S2/c1-20-6-8-23(9-7-20)41(38,39)15-10-24-33-34-27(40-24)32-26(37)28(11-3-2-4-12-28)13-5-14-31-18-25(36)35-19-21(29)16-22(35)17-30/h6-9,21-22,31H,2-5,10-16,18-19H2,1H3,(H,32,34,37)/t21?,22-/m0/s1. The van der Waals surface area contributed by atoms with Crippen LogP contribution in [0.5, 0.6) is 0 Å². The fourth-order valence-corrected chi connectivity index (χ4v) is 7.68. The van der Waals surface area contributed by atoms with Crippen molar-refractivity contribution in [2.45, 2.75) is 81.8 Å². The van der Waals surface area contributed by atoms with Crippen molar-refractivity contribution in [1.29, 1.82) is 5.26 Å². The fraction of sp³-hybridized carbons (Fsp3) is 0.607. The van der Waals surface area contributed by atoms with Crippen molar-refractivity contribution < 1.29 is 22.4 Å². The molecule has 1 saturated heterocycles. The second-order valence-corrected chi connectivity index (χ2v) is 14.2. The van der Waals surface area contributed by atoms with E-state index in [1.807, 2.05) is 13.0 Å². The predicted molar refractivity (Wildman–Crippen MR) is 154 cm³/mol. The van der Waals surface area contributed by atoms with Crippen LogP contribution in [0.3, 0.4) is 0 Å². The SMILES string of the molecule is Cc1ccc(S(=O)(=O)CCc2nnc(NC(=O)C3(CCCNCC(=O)N4CC(F)C[C@H]4C#N)CCCCC3)s2)cc1. The molecule has 2 atom stereocenters. The molecule has 2 N–H and O–H groups in total. The van der Waals surface area contributed by atoms with Crippen LogP contribution in [0, 0.1) is 23.7 Å². The van der Waals surface area contributed by atoms with Crippen LogP contribution >= 0.6 is 11.3 Å². The highest BCUT2D eigenvalue weighted by Gasteiger charge is 2.39. The summed E-state index contributed by atoms with van der Waals surface area (Å²) in [6, 6.07) is 8.01. The Labute approximate surface area is 244 Å². The first-order valence-corrected chi connectivity index (χ1v) is 16.6. The van der Waals surface area contributed by atoms with Crippen LogP contribution in [-0.2, 0) is 25.8 Å². The highest BCUT2D eigenvalue weighted by Crippen LogP contribution is 2.41. The molecule has 2 aromatic rings. The summed E-state index contributed by atoms with van der Waals surface area (Å²) in [6.45, 7) is 2.40. The molecule has 0 bridgehead atoms. The molecule has 1 aromatic heterocycles. The summed E-state index contributed by atoms with van der Waals surface area (Å²) >= 11 is 1.19. The maximum atomic E-state index is 13.6. The van der Waals surface area contributed by atoms with Crippen LogP contribution in [0.15, 0.2) is 29.2 Å². The molecule has 41 heavy (non-hydrogen) atoms. The molecular weight excluding hydrogens is 567 g/mol. The lowest BCUT2D eigenvalue weighted by Crippen LogP contribution is -2.41. The van der Waals surface area contributed by atoms with E-state index in [2.05, 4.69) is 20.8 Å². The summed E-state index contributed by atoms with van der Waals surface area (Å²) in [5, 5.41) is 24.3. The second kappa shape index (κ2) is 13.8. The van der Waals surface area contributed by atoms with Crippen LogP contribution in [-0.4, -0.2) is 72.9 Å². The third-order valence-electron chi connectivity index (χ3n) is 7.95. The summed E-state index contributed by atoms with van der Waals surface area (Å²) in [7, 11) is -3.46. The van der Waals surface area contributed by atoms with E-state index in [0.717, 1.165) is 37.7 Å². The number of sulfone groups is 1. The molecule has 10 nitrogen and oxygen atoms in total. The van der Waals surface area contributed by atoms with Gasteiger partial charge in [-0.1, -0.05) is 48.3 Å². The average molecular weight is 605 g/mol. The Morgan fingerprint density at radius 1 is 1.20 bits per heavy atom. The van der Waals surface area contributed by atoms with Crippen molar-refractivity contribution in [3.8, 4) is 6.07 Å². The number of hydrogen-bond donors (Lipinski definition) is 2. The van der Waals surface area contributed by atoms with Crippen molar-refractivity contribution in [3.05, 3.63) is 34.8 Å². The molecule has 1 unspecified atom stereocenters. The minimum absolute atomic E-state index is 0.0251. The van der Waals surface area contributed by atoms with Gasteiger partial charge in [0.15, 0.2) is 9.84 Å². The second-order valence-electron chi connectivity index (χ2n) is 11.0. The summed E-state index contributed by atoms with van der Waals surface area (Å²) < 4.78 is 39.0. The van der Waals surface area contributed by atoms with Gasteiger partial charge in [-0.3, -0.25) is 9.59 Å². The summed E-state index contributed by atoms with van der Waals surface area (Å²) in [4.78, 5) is 27.4. The molecule has 2 amide bonds. The van der Waals surface area contributed by atoms with Crippen LogP contribution < -0.4 is 10.6 Å². The number of likely N-dealkylation sites (tertiary alicyclic amines) is 1. The van der Waals surface area contributed by atoms with Gasteiger partial charge in [0.1, 0.15) is 17.2 Å². The lowest BCUT2D eigenvalue weighted by atomic mass is 9.70. The molecule has 1 aliphatic heterocycles. The molecule has 13 heteroatoms. The average Bonchev–Trinajstić information content (AvgIpc) is 3.58. The number of amides is 2. The molecule has 222 valence electrons. The Morgan fingerprint density at radius 2 is 1.93 bits per heavy atom. The first-order chi connectivity index (χ1) is 19.6. The van der Waals surface area contributed by atoms with Crippen LogP contribution in [0.25, 0.3) is 0 Å². The number of rotatable bonds is 12. The third-order valence-corrected chi connectivity index (χ3v) is 10.6. The Morgan fingerprint density at radius 3 is 2.63 bits per heavy atom. The molecular formula is C28H37FN6O4S2. The van der Waals surface area contributed by atoms with Gasteiger partial charge in [0.05, 0.1) is 29.8 Å². The summed E-state index contributed by atoms with van der Waals surface area (Å²) in [5.74, 6) is -0.492. The first-order valence-electron chi connectivity index (χ1n) is 14.1. The van der Waals surface area contributed by atoms with Crippen LogP contribution in [0.4, 0.5) is 9.52 Å². The number of halogens is 1. The Hall–Kier alpha value is -2.95. The lowest BCUT2D eigenvalue weighted by Gasteiger charge is -2.35. The van der Waals surface area contributed by atoms with Gasteiger partial charge in [-0.05, 0) is 51.3 Å². The Bertz CT molecular complexity index is 1350. The minimum Gasteiger partial charge on any atom is -0.323 e. The Balaban J connectivity index is 1.26. The van der Waals surface area contributed by atoms with Crippen molar-refractivity contribution in [1.82, 2.24) is 20.4 Å². The molecule has 2 aliphatic rings. The maximum Gasteiger partial charge on any atom is 0.237 e. The van der Waals surface area contributed by atoms with Gasteiger partial charge in [0.2, 0.25) is 16.9 Å². The number of hydrogen-bond acceptors (Lipinski definition) is 9. The first kappa shape index (κ1) is 31.0. The number of nitrogens with zero attached hydrogens (tertiary/aromatic N) is 4. The highest BCUT2D eigenvalue weighted by atomic mass is 32.2. The zero-order valence-corrected chi connectivity index (χ0v) is 24.9. The van der Waals surface area contributed by atoms with E-state index in [1.54, 1.807) is 24.3 Å². The van der Waals surface area contributed by atoms with E-state index in [4.69, 9.17) is 5.26 Å². The number of carbonyl (C=O) groups is 2. The van der Waals surface area contributed by atoms with Gasteiger partial charge in [-0.2, -0.15) is 5.26 Å². The predicted octanol–water partition coefficient (Wildman–Crippen LogP) is 3.58. The number of anilines is 1. The number of aryl methyl sites for hydroxylation is 2. The Kier molecular flexibility index (Phi) is 10.4. The van der Waals surface area contributed by atoms with E-state index < -0.39 is 27.5 Å². The van der Waals surface area contributed by atoms with Gasteiger partial charge in [0.25, 0.3) is 0 Å². The van der Waals surface area contributed by atoms with Crippen molar-refractivity contribution in [3.63, 3.8) is 0 Å². The van der Waals surface area contributed by atoms with E-state index in [9.17, 15) is 22.4 Å². The molecule has 1 aliphatic carbocycles. The number of carbonyl (C=O) groups excluding carboxylic acids is 2. The highest BCUT2D eigenvalue weighted by molar-refractivity contribution is 7.91. The van der Waals surface area contributed by atoms with Crippen LogP contribution in [0.2, 0.25) is 0 Å². The normalized spacial score (nSPS) is 20.5. The smallest absolute Gasteiger partial charge is 0.237 e. The largest absolute Gasteiger partial charge is 0.323 e. The van der Waals surface area contributed by atoms with Gasteiger partial charge < -0.3 is 15.5 Å². The van der Waals surface area contributed by atoms with Crippen molar-refractivity contribution in [2.24, 2.45) is 5.41 Å². The number of alkyl halides is 1. The zero-order chi connectivity index (χ0) is 29.5. The number of nitriles is 1. The van der Waals surface area contributed by atoms with E-state index >= 15 is 0 Å². The molecule has 2 heterocycles. The van der Waals surface area contributed by atoms with E-state index in [0.29, 0.717) is 29.5 Å². The minimum atomic E-state index is -3.46. The van der Waals surface area contributed by atoms with Crippen molar-refractivity contribution >= 4 is 38.1 Å². The number of nitrogens with one attached hydrogen (secondary N) is 2. The van der Waals surface area contributed by atoms with Gasteiger partial charge in [0, 0.05) is 18.3 Å². The molecule has 0 radical (unpaired) electrons. The van der Waals surface area contributed by atoms with E-state index in [1.165, 1.54) is 16.2 Å². The topological polar surface area (TPSA) is 145 Å². The summed E-state index contributed by atoms with van der Waals surface area (Å²) in [6.07, 6.45) is 4.90. The number of aromatic nitrogens is 2. The molecule has 1 aromatic carbocycles. The lowest BCUT2D eigenvalue weighted by molar-refractivity contribution is -0.130. The fourth-order valence-electron chi connectivity index (χ4n) is 5.57. The third kappa shape index (κ3) is 8.08. The van der Waals surface area contributed by atoms with Crippen LogP contribution in [0.1, 0.15) is 61.9 Å². The monoisotopic (exact) mass is 604 g/mol. The van der Waals surface area contributed by atoms with Gasteiger partial charge in [-0.15, -0.1) is 10.2 Å². The van der Waals surface area contributed by atoms with E-state index in [-0.39, 0.29) is 48.4 Å². The van der Waals surface area contributed by atoms with Gasteiger partial charge in [-0.25, -0.2) is 12.8 Å². The van der Waals surface area contributed by atoms with Crippen molar-refractivity contribution in [2.75, 3.05) is 30.7 Å². The molecule has 4 rings (SSSR count). The zero-order valence-electron chi connectivity index (χ0n) is 23.3. The van der Waals surface area contributed by atoms with Gasteiger partial charge >= 0.3 is 0 Å².